The maximum Gasteiger partial charge on any atom is 0.405 e. The SMILES string of the molecule is C[C@](NC(=O)O)(C(=O)N1CCOC[C@H]1C(=O)Nc1nc(-c2ccc(C(=O)NC3CC3)cc2)cs1)c1ccccc1. The number of rotatable bonds is 8. The minimum Gasteiger partial charge on any atom is -0.465 e. The quantitative estimate of drug-likeness (QED) is 0.329. The number of morpholine rings is 1. The zero-order chi connectivity index (χ0) is 28.3. The minimum atomic E-state index is -1.61. The van der Waals surface area contributed by atoms with Gasteiger partial charge < -0.3 is 30.7 Å². The number of thiazole rings is 1. The van der Waals surface area contributed by atoms with Crippen LogP contribution in [0.2, 0.25) is 0 Å². The summed E-state index contributed by atoms with van der Waals surface area (Å²) in [6.07, 6.45) is 0.671. The molecule has 1 aliphatic heterocycles. The fourth-order valence-electron chi connectivity index (χ4n) is 4.53. The lowest BCUT2D eigenvalue weighted by atomic mass is 9.89. The average molecular weight is 564 g/mol. The number of benzene rings is 2. The van der Waals surface area contributed by atoms with E-state index >= 15 is 0 Å². The molecule has 4 N–H and O–H groups in total. The number of carboxylic acid groups (broad SMARTS) is 1. The lowest BCUT2D eigenvalue weighted by molar-refractivity contribution is -0.151. The summed E-state index contributed by atoms with van der Waals surface area (Å²) in [5.74, 6) is -1.15. The van der Waals surface area contributed by atoms with E-state index in [1.54, 1.807) is 60.0 Å². The second-order valence-corrected chi connectivity index (χ2v) is 10.7. The summed E-state index contributed by atoms with van der Waals surface area (Å²) in [5, 5.41) is 19.7. The Bertz CT molecular complexity index is 1410. The first-order chi connectivity index (χ1) is 19.2. The van der Waals surface area contributed by atoms with Crippen molar-refractivity contribution >= 4 is 40.3 Å². The van der Waals surface area contributed by atoms with Crippen molar-refractivity contribution in [1.82, 2.24) is 20.5 Å². The molecule has 1 aliphatic carbocycles. The third kappa shape index (κ3) is 5.97. The molecule has 0 spiro atoms. The molecule has 11 nitrogen and oxygen atoms in total. The molecule has 0 radical (unpaired) electrons. The lowest BCUT2D eigenvalue weighted by Crippen LogP contribution is -2.62. The number of nitrogens with one attached hydrogen (secondary N) is 3. The van der Waals surface area contributed by atoms with E-state index in [1.807, 2.05) is 0 Å². The van der Waals surface area contributed by atoms with E-state index in [2.05, 4.69) is 20.9 Å². The monoisotopic (exact) mass is 563 g/mol. The highest BCUT2D eigenvalue weighted by molar-refractivity contribution is 7.14. The highest BCUT2D eigenvalue weighted by Gasteiger charge is 2.44. The second-order valence-electron chi connectivity index (χ2n) is 9.86. The van der Waals surface area contributed by atoms with E-state index in [0.717, 1.165) is 18.4 Å². The van der Waals surface area contributed by atoms with Gasteiger partial charge in [-0.05, 0) is 37.5 Å². The summed E-state index contributed by atoms with van der Waals surface area (Å²) in [5.41, 5.74) is 0.828. The normalized spacial score (nSPS) is 18.3. The van der Waals surface area contributed by atoms with Crippen molar-refractivity contribution in [3.05, 3.63) is 71.1 Å². The summed E-state index contributed by atoms with van der Waals surface area (Å²) >= 11 is 1.23. The van der Waals surface area contributed by atoms with Crippen LogP contribution in [0.25, 0.3) is 11.3 Å². The van der Waals surface area contributed by atoms with Crippen LogP contribution in [-0.2, 0) is 19.9 Å². The highest BCUT2D eigenvalue weighted by atomic mass is 32.1. The largest absolute Gasteiger partial charge is 0.465 e. The predicted molar refractivity (Wildman–Crippen MR) is 148 cm³/mol. The first-order valence-corrected chi connectivity index (χ1v) is 13.8. The summed E-state index contributed by atoms with van der Waals surface area (Å²) in [6.45, 7) is 1.77. The Balaban J connectivity index is 1.29. The number of hydrogen-bond donors (Lipinski definition) is 4. The Morgan fingerprint density at radius 1 is 1.07 bits per heavy atom. The Labute approximate surface area is 234 Å². The van der Waals surface area contributed by atoms with Gasteiger partial charge in [-0.15, -0.1) is 11.3 Å². The number of aromatic nitrogens is 1. The van der Waals surface area contributed by atoms with Gasteiger partial charge in [0.15, 0.2) is 5.13 Å². The van der Waals surface area contributed by atoms with E-state index in [0.29, 0.717) is 22.0 Å². The van der Waals surface area contributed by atoms with Gasteiger partial charge in [-0.1, -0.05) is 42.5 Å². The van der Waals surface area contributed by atoms with Crippen molar-refractivity contribution in [2.45, 2.75) is 37.4 Å². The molecule has 2 heterocycles. The van der Waals surface area contributed by atoms with Crippen LogP contribution in [0, 0.1) is 0 Å². The zero-order valence-corrected chi connectivity index (χ0v) is 22.6. The standard InChI is InChI=1S/C28H29N5O6S/c1-28(32-27(37)38,19-5-3-2-4-6-19)25(36)33-13-14-39-15-22(33)24(35)31-26-30-21(16-40-26)17-7-9-18(10-8-17)23(34)29-20-11-12-20/h2-10,16,20,22,32H,11-15H2,1H3,(H,29,34)(H,37,38)(H,30,31,35)/t22-,28+/m0/s1. The van der Waals surface area contributed by atoms with Gasteiger partial charge in [-0.3, -0.25) is 14.4 Å². The molecule has 0 unspecified atom stereocenters. The molecular weight excluding hydrogens is 534 g/mol. The molecule has 5 rings (SSSR count). The molecule has 4 amide bonds. The van der Waals surface area contributed by atoms with Crippen molar-refractivity contribution in [3.63, 3.8) is 0 Å². The average Bonchev–Trinajstić information content (AvgIpc) is 3.66. The maximum atomic E-state index is 13.8. The van der Waals surface area contributed by atoms with E-state index < -0.39 is 29.5 Å². The van der Waals surface area contributed by atoms with Crippen LogP contribution in [0.4, 0.5) is 9.93 Å². The molecule has 1 aromatic heterocycles. The highest BCUT2D eigenvalue weighted by Crippen LogP contribution is 2.28. The Kier molecular flexibility index (Phi) is 7.81. The number of anilines is 1. The Morgan fingerprint density at radius 2 is 1.80 bits per heavy atom. The van der Waals surface area contributed by atoms with Crippen molar-refractivity contribution < 1.29 is 29.0 Å². The summed E-state index contributed by atoms with van der Waals surface area (Å²) in [4.78, 5) is 56.8. The number of hydrogen-bond acceptors (Lipinski definition) is 7. The van der Waals surface area contributed by atoms with Gasteiger partial charge in [0.25, 0.3) is 17.7 Å². The van der Waals surface area contributed by atoms with E-state index in [-0.39, 0.29) is 31.7 Å². The number of carbonyl (C=O) groups is 4. The molecule has 2 aromatic carbocycles. The van der Waals surface area contributed by atoms with Crippen LogP contribution >= 0.6 is 11.3 Å². The minimum absolute atomic E-state index is 0.0435. The molecule has 208 valence electrons. The summed E-state index contributed by atoms with van der Waals surface area (Å²) < 4.78 is 5.51. The maximum absolute atomic E-state index is 13.8. The zero-order valence-electron chi connectivity index (χ0n) is 21.8. The molecule has 2 atom stereocenters. The fourth-order valence-corrected chi connectivity index (χ4v) is 5.25. The summed E-state index contributed by atoms with van der Waals surface area (Å²) in [7, 11) is 0. The van der Waals surface area contributed by atoms with Gasteiger partial charge in [0.2, 0.25) is 0 Å². The fraction of sp³-hybridized carbons (Fsp3) is 0.321. The molecular formula is C28H29N5O6S. The van der Waals surface area contributed by atoms with E-state index in [1.165, 1.54) is 23.2 Å². The van der Waals surface area contributed by atoms with Crippen LogP contribution in [-0.4, -0.2) is 70.6 Å². The molecule has 2 aliphatic rings. The molecule has 3 aromatic rings. The van der Waals surface area contributed by atoms with Gasteiger partial charge in [0.1, 0.15) is 11.6 Å². The Hall–Kier alpha value is -4.29. The van der Waals surface area contributed by atoms with Gasteiger partial charge in [0, 0.05) is 29.1 Å². The smallest absolute Gasteiger partial charge is 0.405 e. The van der Waals surface area contributed by atoms with Crippen molar-refractivity contribution in [2.75, 3.05) is 25.1 Å². The van der Waals surface area contributed by atoms with Gasteiger partial charge in [0.05, 0.1) is 18.9 Å². The third-order valence-corrected chi connectivity index (χ3v) is 7.68. The van der Waals surface area contributed by atoms with Gasteiger partial charge >= 0.3 is 6.09 Å². The molecule has 12 heteroatoms. The van der Waals surface area contributed by atoms with E-state index in [4.69, 9.17) is 4.74 Å². The molecule has 40 heavy (non-hydrogen) atoms. The van der Waals surface area contributed by atoms with Gasteiger partial charge in [-0.2, -0.15) is 0 Å². The van der Waals surface area contributed by atoms with Crippen LogP contribution in [0.1, 0.15) is 35.7 Å². The molecule has 2 fully saturated rings. The van der Waals surface area contributed by atoms with Crippen LogP contribution < -0.4 is 16.0 Å². The number of carbonyl (C=O) groups excluding carboxylic acids is 3. The predicted octanol–water partition coefficient (Wildman–Crippen LogP) is 3.05. The lowest BCUT2D eigenvalue weighted by Gasteiger charge is -2.40. The van der Waals surface area contributed by atoms with E-state index in [9.17, 15) is 24.3 Å². The van der Waals surface area contributed by atoms with Crippen LogP contribution in [0.3, 0.4) is 0 Å². The van der Waals surface area contributed by atoms with Crippen molar-refractivity contribution in [1.29, 1.82) is 0 Å². The molecule has 1 saturated heterocycles. The molecule has 1 saturated carbocycles. The number of amides is 4. The second kappa shape index (κ2) is 11.4. The molecule has 0 bridgehead atoms. The topological polar surface area (TPSA) is 150 Å². The van der Waals surface area contributed by atoms with Crippen molar-refractivity contribution in [3.8, 4) is 11.3 Å². The Morgan fingerprint density at radius 3 is 2.48 bits per heavy atom. The van der Waals surface area contributed by atoms with Gasteiger partial charge in [-0.25, -0.2) is 9.78 Å². The van der Waals surface area contributed by atoms with Crippen LogP contribution in [0.15, 0.2) is 60.0 Å². The first kappa shape index (κ1) is 27.3. The first-order valence-electron chi connectivity index (χ1n) is 12.9. The summed E-state index contributed by atoms with van der Waals surface area (Å²) in [6, 6.07) is 14.9. The number of nitrogens with zero attached hydrogens (tertiary/aromatic N) is 2. The van der Waals surface area contributed by atoms with Crippen LogP contribution in [0.5, 0.6) is 0 Å². The third-order valence-electron chi connectivity index (χ3n) is 6.92. The van der Waals surface area contributed by atoms with Crippen molar-refractivity contribution in [2.24, 2.45) is 0 Å². The number of ether oxygens (including phenoxy) is 1.